The molecule has 4 nitrogen and oxygen atoms in total. The molecule has 0 bridgehead atoms. The predicted octanol–water partition coefficient (Wildman–Crippen LogP) is 4.43. The van der Waals surface area contributed by atoms with Crippen LogP contribution in [0, 0.1) is 12.8 Å². The predicted molar refractivity (Wildman–Crippen MR) is 92.1 cm³/mol. The van der Waals surface area contributed by atoms with Crippen LogP contribution in [0.5, 0.6) is 5.88 Å². The van der Waals surface area contributed by atoms with Crippen LogP contribution in [-0.4, -0.2) is 15.7 Å². The molecule has 0 saturated heterocycles. The van der Waals surface area contributed by atoms with Gasteiger partial charge in [-0.15, -0.1) is 0 Å². The standard InChI is InChI=1S/C19H26N2O2/c1-13(2)10-18(22)23-17-12-16(19(4,5)6)20-21(17)15-9-7-8-14(3)11-15/h7-9,11-13H,10H2,1-6H3. The Hall–Kier alpha value is -2.10. The second kappa shape index (κ2) is 6.57. The minimum absolute atomic E-state index is 0.117. The van der Waals surface area contributed by atoms with E-state index >= 15 is 0 Å². The summed E-state index contributed by atoms with van der Waals surface area (Å²) in [6.45, 7) is 12.3. The van der Waals surface area contributed by atoms with Crippen LogP contribution < -0.4 is 4.74 Å². The first-order chi connectivity index (χ1) is 10.7. The summed E-state index contributed by atoms with van der Waals surface area (Å²) >= 11 is 0. The average Bonchev–Trinajstić information content (AvgIpc) is 2.81. The number of esters is 1. The number of carbonyl (C=O) groups excluding carboxylic acids is 1. The van der Waals surface area contributed by atoms with E-state index < -0.39 is 0 Å². The number of benzene rings is 1. The maximum Gasteiger partial charge on any atom is 0.312 e. The molecule has 0 aliphatic carbocycles. The molecular formula is C19H26N2O2. The Balaban J connectivity index is 2.43. The monoisotopic (exact) mass is 314 g/mol. The first-order valence-corrected chi connectivity index (χ1v) is 8.05. The van der Waals surface area contributed by atoms with Crippen molar-refractivity contribution in [2.24, 2.45) is 5.92 Å². The third-order valence-corrected chi connectivity index (χ3v) is 3.48. The van der Waals surface area contributed by atoms with Crippen LogP contribution >= 0.6 is 0 Å². The van der Waals surface area contributed by atoms with Gasteiger partial charge in [-0.2, -0.15) is 5.10 Å². The van der Waals surface area contributed by atoms with Gasteiger partial charge in [0.15, 0.2) is 0 Å². The topological polar surface area (TPSA) is 44.1 Å². The first kappa shape index (κ1) is 17.3. The van der Waals surface area contributed by atoms with Crippen molar-refractivity contribution in [1.82, 2.24) is 9.78 Å². The van der Waals surface area contributed by atoms with Gasteiger partial charge in [-0.05, 0) is 30.5 Å². The molecule has 0 fully saturated rings. The number of rotatable bonds is 4. The molecule has 0 N–H and O–H groups in total. The van der Waals surface area contributed by atoms with Gasteiger partial charge in [-0.1, -0.05) is 46.8 Å². The molecule has 0 aliphatic heterocycles. The molecule has 4 heteroatoms. The van der Waals surface area contributed by atoms with Crippen molar-refractivity contribution >= 4 is 5.97 Å². The van der Waals surface area contributed by atoms with E-state index in [0.717, 1.165) is 16.9 Å². The van der Waals surface area contributed by atoms with E-state index in [9.17, 15) is 4.79 Å². The summed E-state index contributed by atoms with van der Waals surface area (Å²) < 4.78 is 7.30. The summed E-state index contributed by atoms with van der Waals surface area (Å²) in [6, 6.07) is 9.86. The molecular weight excluding hydrogens is 288 g/mol. The van der Waals surface area contributed by atoms with Crippen molar-refractivity contribution < 1.29 is 9.53 Å². The lowest BCUT2D eigenvalue weighted by Gasteiger charge is -2.14. The van der Waals surface area contributed by atoms with E-state index in [0.29, 0.717) is 12.3 Å². The Labute approximate surface area is 138 Å². The van der Waals surface area contributed by atoms with Gasteiger partial charge in [0.25, 0.3) is 0 Å². The maximum absolute atomic E-state index is 12.1. The van der Waals surface area contributed by atoms with Crippen LogP contribution in [0.4, 0.5) is 0 Å². The highest BCUT2D eigenvalue weighted by atomic mass is 16.5. The van der Waals surface area contributed by atoms with Gasteiger partial charge in [-0.3, -0.25) is 4.79 Å². The van der Waals surface area contributed by atoms with Gasteiger partial charge >= 0.3 is 5.97 Å². The van der Waals surface area contributed by atoms with Crippen LogP contribution in [0.15, 0.2) is 30.3 Å². The van der Waals surface area contributed by atoms with Crippen LogP contribution in [-0.2, 0) is 10.2 Å². The van der Waals surface area contributed by atoms with Crippen molar-refractivity contribution in [2.45, 2.75) is 53.4 Å². The number of hydrogen-bond acceptors (Lipinski definition) is 3. The van der Waals surface area contributed by atoms with Crippen LogP contribution in [0.3, 0.4) is 0 Å². The molecule has 0 radical (unpaired) electrons. The SMILES string of the molecule is Cc1cccc(-n2nc(C(C)(C)C)cc2OC(=O)CC(C)C)c1. The number of hydrogen-bond donors (Lipinski definition) is 0. The summed E-state index contributed by atoms with van der Waals surface area (Å²) in [6.07, 6.45) is 0.393. The molecule has 1 aromatic carbocycles. The molecule has 23 heavy (non-hydrogen) atoms. The van der Waals surface area contributed by atoms with Crippen molar-refractivity contribution in [3.63, 3.8) is 0 Å². The van der Waals surface area contributed by atoms with E-state index in [1.54, 1.807) is 4.68 Å². The normalized spacial score (nSPS) is 11.8. The first-order valence-electron chi connectivity index (χ1n) is 8.05. The second-order valence-electron chi connectivity index (χ2n) is 7.44. The van der Waals surface area contributed by atoms with Gasteiger partial charge in [0.05, 0.1) is 11.4 Å². The molecule has 124 valence electrons. The van der Waals surface area contributed by atoms with Gasteiger partial charge in [0, 0.05) is 17.9 Å². The second-order valence-corrected chi connectivity index (χ2v) is 7.44. The van der Waals surface area contributed by atoms with Gasteiger partial charge < -0.3 is 4.74 Å². The number of nitrogens with zero attached hydrogens (tertiary/aromatic N) is 2. The molecule has 0 saturated carbocycles. The van der Waals surface area contributed by atoms with E-state index in [1.807, 2.05) is 51.1 Å². The van der Waals surface area contributed by atoms with Crippen molar-refractivity contribution in [1.29, 1.82) is 0 Å². The molecule has 1 heterocycles. The Bertz CT molecular complexity index is 694. The highest BCUT2D eigenvalue weighted by Crippen LogP contribution is 2.28. The summed E-state index contributed by atoms with van der Waals surface area (Å²) in [5.41, 5.74) is 2.81. The quantitative estimate of drug-likeness (QED) is 0.784. The molecule has 0 spiro atoms. The van der Waals surface area contributed by atoms with Crippen LogP contribution in [0.25, 0.3) is 5.69 Å². The van der Waals surface area contributed by atoms with Crippen LogP contribution in [0.1, 0.15) is 52.3 Å². The van der Waals surface area contributed by atoms with Crippen LogP contribution in [0.2, 0.25) is 0 Å². The Morgan fingerprint density at radius 2 is 1.96 bits per heavy atom. The zero-order chi connectivity index (χ0) is 17.2. The lowest BCUT2D eigenvalue weighted by molar-refractivity contribution is -0.135. The fraction of sp³-hybridized carbons (Fsp3) is 0.474. The fourth-order valence-corrected chi connectivity index (χ4v) is 2.24. The number of aromatic nitrogens is 2. The number of aryl methyl sites for hydroxylation is 1. The van der Waals surface area contributed by atoms with Gasteiger partial charge in [-0.25, -0.2) is 4.68 Å². The molecule has 2 aromatic rings. The third kappa shape index (κ3) is 4.44. The highest BCUT2D eigenvalue weighted by Gasteiger charge is 2.22. The Morgan fingerprint density at radius 3 is 2.52 bits per heavy atom. The summed E-state index contributed by atoms with van der Waals surface area (Å²) in [7, 11) is 0. The Kier molecular flexibility index (Phi) is 4.93. The zero-order valence-electron chi connectivity index (χ0n) is 14.9. The average molecular weight is 314 g/mol. The molecule has 0 unspecified atom stereocenters. The van der Waals surface area contributed by atoms with E-state index in [2.05, 4.69) is 25.9 Å². The van der Waals surface area contributed by atoms with Gasteiger partial charge in [0.2, 0.25) is 5.88 Å². The van der Waals surface area contributed by atoms with E-state index in [4.69, 9.17) is 4.74 Å². The molecule has 0 atom stereocenters. The fourth-order valence-electron chi connectivity index (χ4n) is 2.24. The summed E-state index contributed by atoms with van der Waals surface area (Å²) in [5.74, 6) is 0.514. The highest BCUT2D eigenvalue weighted by molar-refractivity contribution is 5.72. The summed E-state index contributed by atoms with van der Waals surface area (Å²) in [4.78, 5) is 12.1. The van der Waals surface area contributed by atoms with Gasteiger partial charge in [0.1, 0.15) is 0 Å². The molecule has 0 amide bonds. The number of ether oxygens (including phenoxy) is 1. The largest absolute Gasteiger partial charge is 0.407 e. The third-order valence-electron chi connectivity index (χ3n) is 3.48. The van der Waals surface area contributed by atoms with Crippen molar-refractivity contribution in [3.05, 3.63) is 41.6 Å². The minimum atomic E-state index is -0.228. The minimum Gasteiger partial charge on any atom is -0.407 e. The smallest absolute Gasteiger partial charge is 0.312 e. The number of carbonyl (C=O) groups is 1. The molecule has 0 aliphatic rings. The maximum atomic E-state index is 12.1. The molecule has 2 rings (SSSR count). The van der Waals surface area contributed by atoms with Crippen molar-refractivity contribution in [3.8, 4) is 11.6 Å². The van der Waals surface area contributed by atoms with Crippen molar-refractivity contribution in [2.75, 3.05) is 0 Å². The summed E-state index contributed by atoms with van der Waals surface area (Å²) in [5, 5.41) is 4.66. The zero-order valence-corrected chi connectivity index (χ0v) is 14.9. The lowest BCUT2D eigenvalue weighted by atomic mass is 9.93. The lowest BCUT2D eigenvalue weighted by Crippen LogP contribution is -2.13. The van der Waals surface area contributed by atoms with E-state index in [1.165, 1.54) is 0 Å². The van der Waals surface area contributed by atoms with E-state index in [-0.39, 0.29) is 17.3 Å². The molecule has 1 aromatic heterocycles. The Morgan fingerprint density at radius 1 is 1.26 bits per heavy atom.